The molecule has 3 aromatic carbocycles. The Kier molecular flexibility index (Phi) is 6.85. The summed E-state index contributed by atoms with van der Waals surface area (Å²) in [6.07, 6.45) is 0. The number of benzene rings is 3. The number of rotatable bonds is 6. The molecule has 0 aromatic heterocycles. The van der Waals surface area contributed by atoms with Crippen molar-refractivity contribution in [2.75, 3.05) is 48.2 Å². The summed E-state index contributed by atoms with van der Waals surface area (Å²) in [5.41, 5.74) is 2.94. The molecule has 1 amide bonds. The van der Waals surface area contributed by atoms with E-state index in [0.717, 1.165) is 37.4 Å². The molecule has 178 valence electrons. The van der Waals surface area contributed by atoms with Crippen LogP contribution in [0.1, 0.15) is 15.9 Å². The van der Waals surface area contributed by atoms with Gasteiger partial charge in [0.15, 0.2) is 0 Å². The maximum atomic E-state index is 13.8. The Balaban J connectivity index is 1.43. The van der Waals surface area contributed by atoms with Crippen LogP contribution < -0.4 is 14.9 Å². The molecule has 0 atom stereocenters. The van der Waals surface area contributed by atoms with Crippen molar-refractivity contribution >= 4 is 33.0 Å². The molecule has 0 aliphatic carbocycles. The van der Waals surface area contributed by atoms with E-state index in [0.29, 0.717) is 11.3 Å². The molecule has 1 heterocycles. The molecule has 0 spiro atoms. The number of nitrogens with one attached hydrogen (secondary N) is 2. The number of carbonyl (C=O) groups is 1. The molecule has 0 saturated carbocycles. The van der Waals surface area contributed by atoms with Crippen molar-refractivity contribution in [1.82, 2.24) is 4.90 Å². The van der Waals surface area contributed by atoms with Crippen molar-refractivity contribution < 1.29 is 17.6 Å². The highest BCUT2D eigenvalue weighted by Crippen LogP contribution is 2.25. The Hall–Kier alpha value is -3.43. The van der Waals surface area contributed by atoms with Gasteiger partial charge in [-0.05, 0) is 74.1 Å². The first kappa shape index (κ1) is 23.7. The van der Waals surface area contributed by atoms with Crippen LogP contribution in [0, 0.1) is 12.7 Å². The molecule has 34 heavy (non-hydrogen) atoms. The smallest absolute Gasteiger partial charge is 0.261 e. The highest BCUT2D eigenvalue weighted by atomic mass is 32.2. The monoisotopic (exact) mass is 482 g/mol. The zero-order chi connectivity index (χ0) is 24.3. The minimum absolute atomic E-state index is 0.0694. The second kappa shape index (κ2) is 9.82. The number of anilines is 3. The van der Waals surface area contributed by atoms with Gasteiger partial charge in [-0.3, -0.25) is 9.52 Å². The van der Waals surface area contributed by atoms with Gasteiger partial charge in [0, 0.05) is 43.1 Å². The molecule has 2 N–H and O–H groups in total. The number of aryl methyl sites for hydroxylation is 1. The number of hydrogen-bond acceptors (Lipinski definition) is 5. The van der Waals surface area contributed by atoms with Crippen molar-refractivity contribution in [2.45, 2.75) is 11.8 Å². The van der Waals surface area contributed by atoms with Crippen LogP contribution in [0.4, 0.5) is 21.5 Å². The quantitative estimate of drug-likeness (QED) is 0.556. The molecular formula is C25H27FN4O3S. The highest BCUT2D eigenvalue weighted by molar-refractivity contribution is 7.92. The largest absolute Gasteiger partial charge is 0.369 e. The first-order valence-corrected chi connectivity index (χ1v) is 12.4. The van der Waals surface area contributed by atoms with Crippen LogP contribution in [0.15, 0.2) is 71.6 Å². The lowest BCUT2D eigenvalue weighted by atomic mass is 10.1. The van der Waals surface area contributed by atoms with E-state index in [1.807, 2.05) is 19.1 Å². The molecule has 1 saturated heterocycles. The summed E-state index contributed by atoms with van der Waals surface area (Å²) < 4.78 is 41.2. The number of piperazine rings is 1. The molecule has 7 nitrogen and oxygen atoms in total. The number of amides is 1. The normalized spacial score (nSPS) is 14.6. The van der Waals surface area contributed by atoms with Crippen LogP contribution in [0.5, 0.6) is 0 Å². The summed E-state index contributed by atoms with van der Waals surface area (Å²) in [5, 5.41) is 2.89. The maximum absolute atomic E-state index is 13.8. The number of hydrogen-bond donors (Lipinski definition) is 2. The van der Waals surface area contributed by atoms with E-state index in [-0.39, 0.29) is 16.5 Å². The van der Waals surface area contributed by atoms with Crippen LogP contribution in [0.3, 0.4) is 0 Å². The first-order chi connectivity index (χ1) is 16.2. The molecular weight excluding hydrogens is 455 g/mol. The summed E-state index contributed by atoms with van der Waals surface area (Å²) in [6.45, 7) is 5.89. The van der Waals surface area contributed by atoms with Crippen LogP contribution in [-0.4, -0.2) is 52.5 Å². The molecule has 4 rings (SSSR count). The molecule has 0 bridgehead atoms. The minimum atomic E-state index is -3.99. The number of nitrogens with zero attached hydrogens (tertiary/aromatic N) is 2. The van der Waals surface area contributed by atoms with Crippen LogP contribution in [0.25, 0.3) is 0 Å². The van der Waals surface area contributed by atoms with E-state index in [1.165, 1.54) is 48.5 Å². The number of para-hydroxylation sites is 1. The van der Waals surface area contributed by atoms with Crippen molar-refractivity contribution in [3.05, 3.63) is 83.7 Å². The highest BCUT2D eigenvalue weighted by Gasteiger charge is 2.18. The summed E-state index contributed by atoms with van der Waals surface area (Å²) >= 11 is 0. The molecule has 1 aliphatic rings. The van der Waals surface area contributed by atoms with E-state index in [4.69, 9.17) is 0 Å². The summed E-state index contributed by atoms with van der Waals surface area (Å²) in [4.78, 5) is 17.3. The van der Waals surface area contributed by atoms with E-state index >= 15 is 0 Å². The fourth-order valence-corrected chi connectivity index (χ4v) is 4.84. The average Bonchev–Trinajstić information content (AvgIpc) is 2.82. The predicted octanol–water partition coefficient (Wildman–Crippen LogP) is 3.94. The van der Waals surface area contributed by atoms with Crippen molar-refractivity contribution in [3.63, 3.8) is 0 Å². The molecule has 0 radical (unpaired) electrons. The predicted molar refractivity (Wildman–Crippen MR) is 132 cm³/mol. The molecule has 3 aromatic rings. The fraction of sp³-hybridized carbons (Fsp3) is 0.240. The van der Waals surface area contributed by atoms with E-state index in [9.17, 15) is 17.6 Å². The third-order valence-electron chi connectivity index (χ3n) is 5.87. The third-order valence-corrected chi connectivity index (χ3v) is 7.25. The lowest BCUT2D eigenvalue weighted by Crippen LogP contribution is -2.44. The Labute approximate surface area is 199 Å². The lowest BCUT2D eigenvalue weighted by molar-refractivity contribution is 0.102. The van der Waals surface area contributed by atoms with Gasteiger partial charge in [-0.25, -0.2) is 12.8 Å². The number of likely N-dealkylation sites (N-methyl/N-ethyl adjacent to an activating group) is 1. The van der Waals surface area contributed by atoms with E-state index in [2.05, 4.69) is 33.0 Å². The van der Waals surface area contributed by atoms with Gasteiger partial charge in [-0.1, -0.05) is 12.1 Å². The van der Waals surface area contributed by atoms with E-state index < -0.39 is 15.8 Å². The molecule has 0 unspecified atom stereocenters. The fourth-order valence-electron chi connectivity index (χ4n) is 3.78. The van der Waals surface area contributed by atoms with Gasteiger partial charge < -0.3 is 15.1 Å². The Bertz CT molecular complexity index is 1290. The second-order valence-corrected chi connectivity index (χ2v) is 10.0. The summed E-state index contributed by atoms with van der Waals surface area (Å²) in [6, 6.07) is 17.0. The van der Waals surface area contributed by atoms with Gasteiger partial charge in [-0.15, -0.1) is 0 Å². The van der Waals surface area contributed by atoms with Gasteiger partial charge in [0.2, 0.25) is 0 Å². The third kappa shape index (κ3) is 5.37. The second-order valence-electron chi connectivity index (χ2n) is 8.35. The van der Waals surface area contributed by atoms with Gasteiger partial charge in [0.05, 0.1) is 10.6 Å². The Morgan fingerprint density at radius 3 is 2.24 bits per heavy atom. The van der Waals surface area contributed by atoms with Gasteiger partial charge >= 0.3 is 0 Å². The van der Waals surface area contributed by atoms with Crippen LogP contribution >= 0.6 is 0 Å². The van der Waals surface area contributed by atoms with Crippen molar-refractivity contribution in [2.24, 2.45) is 0 Å². The first-order valence-electron chi connectivity index (χ1n) is 11.0. The summed E-state index contributed by atoms with van der Waals surface area (Å²) in [5.74, 6) is -1.02. The zero-order valence-corrected chi connectivity index (χ0v) is 19.9. The van der Waals surface area contributed by atoms with Crippen molar-refractivity contribution in [3.8, 4) is 0 Å². The summed E-state index contributed by atoms with van der Waals surface area (Å²) in [7, 11) is -1.88. The Morgan fingerprint density at radius 1 is 0.912 bits per heavy atom. The standard InChI is InChI=1S/C25H27FN4O3S/c1-18-17-20(30-15-13-29(2)14-16-30)9-12-23(18)27-25(31)19-7-10-21(11-8-19)34(32,33)28-24-6-4-3-5-22(24)26/h3-12,17,28H,13-16H2,1-2H3,(H,27,31). The minimum Gasteiger partial charge on any atom is -0.369 e. The zero-order valence-electron chi connectivity index (χ0n) is 19.1. The van der Waals surface area contributed by atoms with Gasteiger partial charge in [-0.2, -0.15) is 0 Å². The Morgan fingerprint density at radius 2 is 1.59 bits per heavy atom. The molecule has 1 fully saturated rings. The topological polar surface area (TPSA) is 81.8 Å². The molecule has 9 heteroatoms. The van der Waals surface area contributed by atoms with Crippen LogP contribution in [-0.2, 0) is 10.0 Å². The maximum Gasteiger partial charge on any atom is 0.261 e. The van der Waals surface area contributed by atoms with Gasteiger partial charge in [0.25, 0.3) is 15.9 Å². The number of halogens is 1. The average molecular weight is 483 g/mol. The van der Waals surface area contributed by atoms with Crippen molar-refractivity contribution in [1.29, 1.82) is 0 Å². The SMILES string of the molecule is Cc1cc(N2CCN(C)CC2)ccc1NC(=O)c1ccc(S(=O)(=O)Nc2ccccc2F)cc1. The molecule has 1 aliphatic heterocycles. The lowest BCUT2D eigenvalue weighted by Gasteiger charge is -2.34. The van der Waals surface area contributed by atoms with Gasteiger partial charge in [0.1, 0.15) is 5.82 Å². The van der Waals surface area contributed by atoms with E-state index in [1.54, 1.807) is 0 Å². The number of sulfonamides is 1. The van der Waals surface area contributed by atoms with Crippen LogP contribution in [0.2, 0.25) is 0 Å². The number of carbonyl (C=O) groups excluding carboxylic acids is 1.